The van der Waals surface area contributed by atoms with Crippen LogP contribution in [0, 0.1) is 0 Å². The molecule has 2 nitrogen and oxygen atoms in total. The van der Waals surface area contributed by atoms with Gasteiger partial charge in [0.25, 0.3) is 0 Å². The molecule has 1 aliphatic rings. The maximum atomic E-state index is 6.52. The number of benzene rings is 10. The Morgan fingerprint density at radius 1 is 0.355 bits per heavy atom. The van der Waals surface area contributed by atoms with Gasteiger partial charge in [-0.25, -0.2) is 4.98 Å². The minimum Gasteiger partial charge on any atom is -0.438 e. The van der Waals surface area contributed by atoms with Gasteiger partial charge in [0.05, 0.1) is 5.69 Å². The third-order valence-electron chi connectivity index (χ3n) is 13.6. The van der Waals surface area contributed by atoms with Gasteiger partial charge in [0.2, 0.25) is 5.71 Å². The number of aromatic nitrogens is 1. The number of nitrogens with zero attached hydrogens (tertiary/aromatic N) is 1. The number of fused-ring (bicyclic) bond motifs is 11. The highest BCUT2D eigenvalue weighted by atomic mass is 16.3. The van der Waals surface area contributed by atoms with Crippen LogP contribution in [0.3, 0.4) is 0 Å². The van der Waals surface area contributed by atoms with Crippen LogP contribution in [0.15, 0.2) is 205 Å². The van der Waals surface area contributed by atoms with Crippen LogP contribution in [0.1, 0.15) is 25.1 Å². The second-order valence-electron chi connectivity index (χ2n) is 17.4. The van der Waals surface area contributed by atoms with Crippen molar-refractivity contribution in [2.24, 2.45) is 0 Å². The zero-order valence-corrected chi connectivity index (χ0v) is 34.4. The number of hydrogen-bond donors (Lipinski definition) is 0. The maximum Gasteiger partial charge on any atom is 0.227 e. The number of hydrogen-bond acceptors (Lipinski definition) is 2. The van der Waals surface area contributed by atoms with Crippen molar-refractivity contribution in [2.75, 3.05) is 0 Å². The van der Waals surface area contributed by atoms with Crippen LogP contribution in [0.25, 0.3) is 121 Å². The average Bonchev–Trinajstić information content (AvgIpc) is 3.80. The molecular weight excluding hydrogens is 751 g/mol. The first-order valence-electron chi connectivity index (χ1n) is 21.5. The summed E-state index contributed by atoms with van der Waals surface area (Å²) in [5, 5.41) is 12.1. The Hall–Kier alpha value is -7.81. The van der Waals surface area contributed by atoms with Crippen molar-refractivity contribution in [3.63, 3.8) is 0 Å². The fourth-order valence-electron chi connectivity index (χ4n) is 10.7. The lowest BCUT2D eigenvalue weighted by molar-refractivity contribution is 0.615. The van der Waals surface area contributed by atoms with E-state index in [1.165, 1.54) is 93.2 Å². The fraction of sp³-hybridized carbons (Fsp3) is 0.0500. The lowest BCUT2D eigenvalue weighted by Gasteiger charge is -2.20. The largest absolute Gasteiger partial charge is 0.438 e. The molecule has 1 aliphatic carbocycles. The zero-order chi connectivity index (χ0) is 41.1. The Balaban J connectivity index is 0.942. The van der Waals surface area contributed by atoms with E-state index >= 15 is 0 Å². The second kappa shape index (κ2) is 13.1. The molecule has 0 radical (unpaired) electrons. The van der Waals surface area contributed by atoms with Gasteiger partial charge in [0, 0.05) is 21.8 Å². The van der Waals surface area contributed by atoms with E-state index in [2.05, 4.69) is 214 Å². The van der Waals surface area contributed by atoms with Crippen LogP contribution in [0.4, 0.5) is 0 Å². The first-order valence-corrected chi connectivity index (χ1v) is 21.5. The molecular formula is C60H39NO. The molecule has 13 rings (SSSR count). The van der Waals surface area contributed by atoms with Crippen molar-refractivity contribution < 1.29 is 4.42 Å². The molecule has 0 unspecified atom stereocenters. The monoisotopic (exact) mass is 789 g/mol. The molecule has 2 aromatic heterocycles. The SMILES string of the molecule is CC1(C)c2ccc3ccccc3c2-c2cc3c(nc21)oc1ccc(-c2cccc(-c4c5ccccc5c(-c5ccc(-c6cccc7ccccc67)cc5)c5ccccc45)c2)cc13. The van der Waals surface area contributed by atoms with Crippen LogP contribution in [-0.4, -0.2) is 4.98 Å². The second-order valence-corrected chi connectivity index (χ2v) is 17.4. The molecule has 2 heterocycles. The van der Waals surface area contributed by atoms with Gasteiger partial charge in [0.1, 0.15) is 5.58 Å². The third-order valence-corrected chi connectivity index (χ3v) is 13.6. The van der Waals surface area contributed by atoms with Gasteiger partial charge in [-0.1, -0.05) is 190 Å². The molecule has 0 fully saturated rings. The van der Waals surface area contributed by atoms with Gasteiger partial charge in [-0.3, -0.25) is 0 Å². The molecule has 0 aliphatic heterocycles. The van der Waals surface area contributed by atoms with Gasteiger partial charge < -0.3 is 4.42 Å². The van der Waals surface area contributed by atoms with Crippen LogP contribution in [0.5, 0.6) is 0 Å². The minimum absolute atomic E-state index is 0.233. The van der Waals surface area contributed by atoms with Crippen LogP contribution in [-0.2, 0) is 5.41 Å². The van der Waals surface area contributed by atoms with E-state index in [4.69, 9.17) is 9.40 Å². The van der Waals surface area contributed by atoms with Gasteiger partial charge >= 0.3 is 0 Å². The molecule has 12 aromatic rings. The van der Waals surface area contributed by atoms with E-state index in [-0.39, 0.29) is 5.41 Å². The van der Waals surface area contributed by atoms with E-state index in [0.29, 0.717) is 5.71 Å². The Morgan fingerprint density at radius 3 is 1.63 bits per heavy atom. The lowest BCUT2D eigenvalue weighted by atomic mass is 9.84. The first-order chi connectivity index (χ1) is 30.5. The summed E-state index contributed by atoms with van der Waals surface area (Å²) in [5.74, 6) is 0. The smallest absolute Gasteiger partial charge is 0.227 e. The summed E-state index contributed by atoms with van der Waals surface area (Å²) in [6, 6.07) is 73.4. The summed E-state index contributed by atoms with van der Waals surface area (Å²) < 4.78 is 6.52. The van der Waals surface area contributed by atoms with Crippen molar-refractivity contribution in [1.82, 2.24) is 4.98 Å². The van der Waals surface area contributed by atoms with Crippen LogP contribution < -0.4 is 0 Å². The number of furan rings is 1. The molecule has 0 amide bonds. The fourth-order valence-corrected chi connectivity index (χ4v) is 10.7. The van der Waals surface area contributed by atoms with Crippen molar-refractivity contribution in [3.8, 4) is 55.6 Å². The maximum absolute atomic E-state index is 6.52. The summed E-state index contributed by atoms with van der Waals surface area (Å²) in [4.78, 5) is 5.27. The van der Waals surface area contributed by atoms with Crippen molar-refractivity contribution in [1.29, 1.82) is 0 Å². The van der Waals surface area contributed by atoms with Crippen LogP contribution in [0.2, 0.25) is 0 Å². The van der Waals surface area contributed by atoms with Crippen molar-refractivity contribution >= 4 is 65.2 Å². The van der Waals surface area contributed by atoms with Gasteiger partial charge in [0.15, 0.2) is 0 Å². The summed E-state index contributed by atoms with van der Waals surface area (Å²) in [5.41, 5.74) is 15.9. The molecule has 62 heavy (non-hydrogen) atoms. The summed E-state index contributed by atoms with van der Waals surface area (Å²) in [6.07, 6.45) is 0. The standard InChI is InChI=1S/C60H39NO/c1-60(2)53-31-29-37-14-4-6-19-45(37)57(53)52-35-51-50-34-41(30-32-54(50)62-59(51)61-58(52)60)40-16-11-17-42(33-40)56-48-22-9-7-20-46(48)55(47-21-8-10-23-49(47)56)39-27-25-38(26-28-39)44-24-12-15-36-13-3-5-18-43(36)44/h3-35H,1-2H3. The molecule has 0 saturated carbocycles. The average molecular weight is 790 g/mol. The molecule has 2 heteroatoms. The van der Waals surface area contributed by atoms with Gasteiger partial charge in [-0.2, -0.15) is 0 Å². The highest BCUT2D eigenvalue weighted by Crippen LogP contribution is 2.52. The van der Waals surface area contributed by atoms with E-state index in [0.717, 1.165) is 33.2 Å². The molecule has 0 bridgehead atoms. The summed E-state index contributed by atoms with van der Waals surface area (Å²) in [7, 11) is 0. The predicted octanol–water partition coefficient (Wildman–Crippen LogP) is 16.6. The lowest BCUT2D eigenvalue weighted by Crippen LogP contribution is -2.16. The van der Waals surface area contributed by atoms with E-state index in [9.17, 15) is 0 Å². The van der Waals surface area contributed by atoms with E-state index < -0.39 is 0 Å². The minimum atomic E-state index is -0.233. The first kappa shape index (κ1) is 35.0. The number of pyridine rings is 1. The molecule has 0 atom stereocenters. The zero-order valence-electron chi connectivity index (χ0n) is 34.4. The Labute approximate surface area is 359 Å². The summed E-state index contributed by atoms with van der Waals surface area (Å²) in [6.45, 7) is 4.56. The van der Waals surface area contributed by atoms with Crippen molar-refractivity contribution in [3.05, 3.63) is 211 Å². The molecule has 0 N–H and O–H groups in total. The van der Waals surface area contributed by atoms with E-state index in [1.54, 1.807) is 0 Å². The third kappa shape index (κ3) is 5.07. The van der Waals surface area contributed by atoms with E-state index in [1.807, 2.05) is 0 Å². The molecule has 10 aromatic carbocycles. The van der Waals surface area contributed by atoms with Gasteiger partial charge in [-0.05, 0) is 123 Å². The van der Waals surface area contributed by atoms with Gasteiger partial charge in [-0.15, -0.1) is 0 Å². The van der Waals surface area contributed by atoms with Crippen LogP contribution >= 0.6 is 0 Å². The number of rotatable bonds is 4. The quantitative estimate of drug-likeness (QED) is 0.166. The molecule has 0 saturated heterocycles. The highest BCUT2D eigenvalue weighted by Gasteiger charge is 2.39. The Bertz CT molecular complexity index is 3770. The molecule has 0 spiro atoms. The Morgan fingerprint density at radius 2 is 0.903 bits per heavy atom. The molecule has 290 valence electrons. The predicted molar refractivity (Wildman–Crippen MR) is 261 cm³/mol. The van der Waals surface area contributed by atoms with Crippen molar-refractivity contribution in [2.45, 2.75) is 19.3 Å². The summed E-state index contributed by atoms with van der Waals surface area (Å²) >= 11 is 0. The topological polar surface area (TPSA) is 26.0 Å². The highest BCUT2D eigenvalue weighted by molar-refractivity contribution is 6.21. The normalized spacial score (nSPS) is 13.1. The Kier molecular flexibility index (Phi) is 7.39.